The first-order chi connectivity index (χ1) is 17.8. The second-order valence-electron chi connectivity index (χ2n) is 8.98. The zero-order valence-electron chi connectivity index (χ0n) is 19.4. The summed E-state index contributed by atoms with van der Waals surface area (Å²) < 4.78 is 6.21. The molecule has 8 nitrogen and oxygen atoms in total. The van der Waals surface area contributed by atoms with Gasteiger partial charge in [0.2, 0.25) is 0 Å². The van der Waals surface area contributed by atoms with Gasteiger partial charge in [0.1, 0.15) is 23.2 Å². The van der Waals surface area contributed by atoms with Crippen LogP contribution in [0.25, 0.3) is 55.7 Å². The number of aromatic nitrogens is 6. The minimum atomic E-state index is 0.221. The maximum absolute atomic E-state index is 6.21. The van der Waals surface area contributed by atoms with E-state index in [1.807, 2.05) is 24.7 Å². The highest BCUT2D eigenvalue weighted by atomic mass is 32.1. The number of nitrogens with one attached hydrogen (secondary N) is 3. The Bertz CT molecular complexity index is 1660. The number of pyridine rings is 3. The Kier molecular flexibility index (Phi) is 5.22. The van der Waals surface area contributed by atoms with Crippen LogP contribution in [-0.4, -0.2) is 49.3 Å². The molecule has 3 N–H and O–H groups in total. The standard InChI is InChI=1S/C27H23N7OS/c1-5-28-6-2-19(1)35-20-9-17(12-29-14-20)18-10-23-25(33-34-27(23)31-13-18)24-11-22-21(16-4-8-36-15-16)3-7-30-26(22)32-24/h3-4,7-15,19,28H,1-2,5-6H2,(H,30,32)(H,31,33,34). The molecule has 9 heteroatoms. The van der Waals surface area contributed by atoms with Crippen molar-refractivity contribution in [2.75, 3.05) is 13.1 Å². The van der Waals surface area contributed by atoms with E-state index in [9.17, 15) is 0 Å². The molecule has 0 aromatic carbocycles. The van der Waals surface area contributed by atoms with Gasteiger partial charge in [-0.15, -0.1) is 0 Å². The van der Waals surface area contributed by atoms with E-state index in [1.165, 1.54) is 5.56 Å². The maximum atomic E-state index is 6.21. The average molecular weight is 494 g/mol. The van der Waals surface area contributed by atoms with E-state index in [4.69, 9.17) is 4.74 Å². The van der Waals surface area contributed by atoms with Crippen LogP contribution in [-0.2, 0) is 0 Å². The van der Waals surface area contributed by atoms with Crippen molar-refractivity contribution in [2.45, 2.75) is 18.9 Å². The molecule has 0 saturated carbocycles. The summed E-state index contributed by atoms with van der Waals surface area (Å²) in [5.41, 5.74) is 7.53. The van der Waals surface area contributed by atoms with Crippen molar-refractivity contribution in [1.82, 2.24) is 35.5 Å². The smallest absolute Gasteiger partial charge is 0.155 e. The molecular weight excluding hydrogens is 470 g/mol. The Labute approximate surface area is 210 Å². The van der Waals surface area contributed by atoms with E-state index < -0.39 is 0 Å². The Hall–Kier alpha value is -4.08. The van der Waals surface area contributed by atoms with E-state index in [-0.39, 0.29) is 6.10 Å². The van der Waals surface area contributed by atoms with Crippen molar-refractivity contribution in [2.24, 2.45) is 0 Å². The molecule has 7 rings (SSSR count). The van der Waals surface area contributed by atoms with Crippen LogP contribution in [0.4, 0.5) is 0 Å². The summed E-state index contributed by atoms with van der Waals surface area (Å²) in [6, 6.07) is 10.4. The largest absolute Gasteiger partial charge is 0.489 e. The van der Waals surface area contributed by atoms with Crippen LogP contribution < -0.4 is 10.1 Å². The zero-order chi connectivity index (χ0) is 23.9. The van der Waals surface area contributed by atoms with Gasteiger partial charge in [0, 0.05) is 40.5 Å². The van der Waals surface area contributed by atoms with Crippen LogP contribution in [0.1, 0.15) is 12.8 Å². The van der Waals surface area contributed by atoms with Gasteiger partial charge in [0.25, 0.3) is 0 Å². The van der Waals surface area contributed by atoms with Gasteiger partial charge in [-0.3, -0.25) is 10.1 Å². The number of nitrogens with zero attached hydrogens (tertiary/aromatic N) is 4. The number of fused-ring (bicyclic) bond motifs is 2. The highest BCUT2D eigenvalue weighted by molar-refractivity contribution is 7.08. The molecule has 1 aliphatic rings. The monoisotopic (exact) mass is 493 g/mol. The van der Waals surface area contributed by atoms with Crippen molar-refractivity contribution in [3.05, 3.63) is 65.9 Å². The lowest BCUT2D eigenvalue weighted by Crippen LogP contribution is -2.34. The second kappa shape index (κ2) is 8.85. The Morgan fingerprint density at radius 2 is 1.81 bits per heavy atom. The number of hydrogen-bond donors (Lipinski definition) is 3. The Morgan fingerprint density at radius 1 is 0.889 bits per heavy atom. The minimum absolute atomic E-state index is 0.221. The number of piperidine rings is 1. The van der Waals surface area contributed by atoms with E-state index in [2.05, 4.69) is 70.5 Å². The maximum Gasteiger partial charge on any atom is 0.155 e. The summed E-state index contributed by atoms with van der Waals surface area (Å²) in [5.74, 6) is 0.787. The molecule has 0 bridgehead atoms. The summed E-state index contributed by atoms with van der Waals surface area (Å²) in [6.07, 6.45) is 9.54. The summed E-state index contributed by atoms with van der Waals surface area (Å²) in [6.45, 7) is 1.97. The quantitative estimate of drug-likeness (QED) is 0.296. The fourth-order valence-electron chi connectivity index (χ4n) is 4.84. The fraction of sp³-hybridized carbons (Fsp3) is 0.185. The summed E-state index contributed by atoms with van der Waals surface area (Å²) >= 11 is 1.69. The lowest BCUT2D eigenvalue weighted by atomic mass is 10.1. The molecule has 0 atom stereocenters. The van der Waals surface area contributed by atoms with Crippen molar-refractivity contribution in [3.8, 4) is 39.4 Å². The van der Waals surface area contributed by atoms with Gasteiger partial charge in [-0.05, 0) is 78.2 Å². The zero-order valence-corrected chi connectivity index (χ0v) is 20.2. The van der Waals surface area contributed by atoms with Gasteiger partial charge in [0.05, 0.1) is 11.9 Å². The third-order valence-corrected chi connectivity index (χ3v) is 7.35. The predicted molar refractivity (Wildman–Crippen MR) is 142 cm³/mol. The summed E-state index contributed by atoms with van der Waals surface area (Å²) in [7, 11) is 0. The summed E-state index contributed by atoms with van der Waals surface area (Å²) in [5, 5.41) is 17.3. The number of ether oxygens (including phenoxy) is 1. The molecule has 7 heterocycles. The van der Waals surface area contributed by atoms with Crippen LogP contribution in [0.2, 0.25) is 0 Å². The first-order valence-corrected chi connectivity index (χ1v) is 12.9. The number of H-pyrrole nitrogens is 2. The van der Waals surface area contributed by atoms with Crippen molar-refractivity contribution < 1.29 is 4.74 Å². The molecule has 36 heavy (non-hydrogen) atoms. The highest BCUT2D eigenvalue weighted by Gasteiger charge is 2.17. The summed E-state index contributed by atoms with van der Waals surface area (Å²) in [4.78, 5) is 17.1. The average Bonchev–Trinajstić information content (AvgIpc) is 3.68. The normalized spacial score (nSPS) is 14.6. The van der Waals surface area contributed by atoms with Gasteiger partial charge in [-0.2, -0.15) is 16.4 Å². The minimum Gasteiger partial charge on any atom is -0.489 e. The molecule has 0 spiro atoms. The first kappa shape index (κ1) is 21.2. The lowest BCUT2D eigenvalue weighted by Gasteiger charge is -2.23. The molecule has 1 fully saturated rings. The van der Waals surface area contributed by atoms with Crippen LogP contribution >= 0.6 is 11.3 Å². The molecule has 0 unspecified atom stereocenters. The molecule has 0 aliphatic carbocycles. The number of aromatic amines is 2. The fourth-order valence-corrected chi connectivity index (χ4v) is 5.49. The Balaban J connectivity index is 1.26. The van der Waals surface area contributed by atoms with Crippen molar-refractivity contribution in [1.29, 1.82) is 0 Å². The SMILES string of the molecule is c1cc(-c2ccsc2)c2cc(-c3n[nH]c4ncc(-c5cncc(OC6CCNCC6)c5)cc34)[nH]c2n1. The number of thiophene rings is 1. The molecule has 178 valence electrons. The van der Waals surface area contributed by atoms with Crippen molar-refractivity contribution >= 4 is 33.4 Å². The van der Waals surface area contributed by atoms with E-state index in [0.29, 0.717) is 0 Å². The van der Waals surface area contributed by atoms with Gasteiger partial charge >= 0.3 is 0 Å². The van der Waals surface area contributed by atoms with Crippen LogP contribution in [0.5, 0.6) is 5.75 Å². The molecule has 0 radical (unpaired) electrons. The molecule has 1 aliphatic heterocycles. The third kappa shape index (κ3) is 3.82. The molecule has 6 aromatic rings. The van der Waals surface area contributed by atoms with E-state index in [1.54, 1.807) is 17.5 Å². The van der Waals surface area contributed by atoms with E-state index in [0.717, 1.165) is 81.8 Å². The number of rotatable bonds is 5. The second-order valence-corrected chi connectivity index (χ2v) is 9.76. The van der Waals surface area contributed by atoms with E-state index >= 15 is 0 Å². The third-order valence-electron chi connectivity index (χ3n) is 6.67. The lowest BCUT2D eigenvalue weighted by molar-refractivity contribution is 0.162. The van der Waals surface area contributed by atoms with Crippen molar-refractivity contribution in [3.63, 3.8) is 0 Å². The highest BCUT2D eigenvalue weighted by Crippen LogP contribution is 2.35. The first-order valence-electron chi connectivity index (χ1n) is 12.0. The molecule has 1 saturated heterocycles. The van der Waals surface area contributed by atoms with Crippen LogP contribution in [0.3, 0.4) is 0 Å². The van der Waals surface area contributed by atoms with Gasteiger partial charge < -0.3 is 15.0 Å². The van der Waals surface area contributed by atoms with Crippen LogP contribution in [0.15, 0.2) is 65.9 Å². The van der Waals surface area contributed by atoms with Crippen LogP contribution in [0, 0.1) is 0 Å². The molecular formula is C27H23N7OS. The van der Waals surface area contributed by atoms with Gasteiger partial charge in [-0.25, -0.2) is 9.97 Å². The number of hydrogen-bond acceptors (Lipinski definition) is 7. The van der Waals surface area contributed by atoms with Gasteiger partial charge in [-0.1, -0.05) is 0 Å². The predicted octanol–water partition coefficient (Wildman–Crippen LogP) is 5.42. The topological polar surface area (TPSA) is 104 Å². The Morgan fingerprint density at radius 3 is 2.69 bits per heavy atom. The molecule has 0 amide bonds. The van der Waals surface area contributed by atoms with Gasteiger partial charge in [0.15, 0.2) is 5.65 Å². The molecule has 6 aromatic heterocycles.